The zero-order valence-corrected chi connectivity index (χ0v) is 12.4. The molecule has 0 unspecified atom stereocenters. The van der Waals surface area contributed by atoms with Gasteiger partial charge < -0.3 is 19.5 Å². The number of hydrogen-bond acceptors (Lipinski definition) is 4. The lowest BCUT2D eigenvalue weighted by atomic mass is 9.84. The van der Waals surface area contributed by atoms with Crippen LogP contribution in [-0.4, -0.2) is 29.9 Å². The van der Waals surface area contributed by atoms with Gasteiger partial charge in [0.2, 0.25) is 5.91 Å². The number of likely N-dealkylation sites (tertiary alicyclic amines) is 1. The number of hydrogen-bond donors (Lipinski definition) is 0. The SMILES string of the molecule is CCOc1ccc([C@@H]2[C@@H](C(=O)[O-])CCC(=O)N2CC)cc1. The summed E-state index contributed by atoms with van der Waals surface area (Å²) in [5.74, 6) is -1.04. The minimum absolute atomic E-state index is 0.00566. The molecular formula is C16H20NO4-. The molecule has 21 heavy (non-hydrogen) atoms. The van der Waals surface area contributed by atoms with Crippen molar-refractivity contribution in [3.05, 3.63) is 29.8 Å². The Bertz CT molecular complexity index is 510. The van der Waals surface area contributed by atoms with E-state index in [2.05, 4.69) is 0 Å². The van der Waals surface area contributed by atoms with Gasteiger partial charge in [-0.1, -0.05) is 12.1 Å². The van der Waals surface area contributed by atoms with Crippen molar-refractivity contribution >= 4 is 11.9 Å². The number of rotatable bonds is 5. The topological polar surface area (TPSA) is 69.7 Å². The van der Waals surface area contributed by atoms with Gasteiger partial charge in [-0.3, -0.25) is 4.79 Å². The highest BCUT2D eigenvalue weighted by molar-refractivity contribution is 5.81. The molecule has 0 N–H and O–H groups in total. The Morgan fingerprint density at radius 1 is 1.33 bits per heavy atom. The van der Waals surface area contributed by atoms with Crippen molar-refractivity contribution < 1.29 is 19.4 Å². The molecule has 5 heteroatoms. The monoisotopic (exact) mass is 290 g/mol. The highest BCUT2D eigenvalue weighted by Gasteiger charge is 2.36. The molecular weight excluding hydrogens is 270 g/mol. The van der Waals surface area contributed by atoms with Gasteiger partial charge >= 0.3 is 0 Å². The van der Waals surface area contributed by atoms with E-state index in [-0.39, 0.29) is 12.3 Å². The molecule has 2 rings (SSSR count). The maximum atomic E-state index is 12.0. The number of carbonyl (C=O) groups excluding carboxylic acids is 2. The molecule has 1 aromatic rings. The van der Waals surface area contributed by atoms with Gasteiger partial charge in [-0.25, -0.2) is 0 Å². The van der Waals surface area contributed by atoms with Crippen LogP contribution >= 0.6 is 0 Å². The summed E-state index contributed by atoms with van der Waals surface area (Å²) in [7, 11) is 0. The fourth-order valence-electron chi connectivity index (χ4n) is 2.91. The Kier molecular flexibility index (Phi) is 4.83. The largest absolute Gasteiger partial charge is 0.550 e. The Hall–Kier alpha value is -2.04. The molecule has 0 aromatic heterocycles. The quantitative estimate of drug-likeness (QED) is 0.815. The number of carboxylic acid groups (broad SMARTS) is 1. The van der Waals surface area contributed by atoms with Crippen LogP contribution < -0.4 is 9.84 Å². The first-order valence-corrected chi connectivity index (χ1v) is 7.31. The van der Waals surface area contributed by atoms with Crippen molar-refractivity contribution in [1.29, 1.82) is 0 Å². The van der Waals surface area contributed by atoms with Crippen molar-refractivity contribution in [2.45, 2.75) is 32.7 Å². The summed E-state index contributed by atoms with van der Waals surface area (Å²) in [6.45, 7) is 4.82. The molecule has 0 saturated carbocycles. The van der Waals surface area contributed by atoms with E-state index in [1.165, 1.54) is 0 Å². The van der Waals surface area contributed by atoms with Gasteiger partial charge in [-0.05, 0) is 38.0 Å². The zero-order valence-electron chi connectivity index (χ0n) is 12.4. The van der Waals surface area contributed by atoms with E-state index in [4.69, 9.17) is 4.74 Å². The number of nitrogens with zero attached hydrogens (tertiary/aromatic N) is 1. The molecule has 0 bridgehead atoms. The van der Waals surface area contributed by atoms with Gasteiger partial charge in [0, 0.05) is 24.9 Å². The molecule has 0 spiro atoms. The van der Waals surface area contributed by atoms with Gasteiger partial charge in [0.1, 0.15) is 5.75 Å². The number of benzene rings is 1. The molecule has 1 heterocycles. The minimum Gasteiger partial charge on any atom is -0.550 e. The first-order valence-electron chi connectivity index (χ1n) is 7.31. The van der Waals surface area contributed by atoms with E-state index in [1.54, 1.807) is 17.0 Å². The van der Waals surface area contributed by atoms with E-state index >= 15 is 0 Å². The molecule has 1 aliphatic heterocycles. The van der Waals surface area contributed by atoms with Crippen molar-refractivity contribution in [3.8, 4) is 5.75 Å². The molecule has 2 atom stereocenters. The van der Waals surface area contributed by atoms with Crippen LogP contribution in [0.5, 0.6) is 5.75 Å². The molecule has 1 aliphatic rings. The standard InChI is InChI=1S/C16H21NO4/c1-3-17-14(18)10-9-13(16(19)20)15(17)11-5-7-12(8-6-11)21-4-2/h5-8,13,15H,3-4,9-10H2,1-2H3,(H,19,20)/p-1/t13-,15+/m0/s1. The Morgan fingerprint density at radius 3 is 2.52 bits per heavy atom. The van der Waals surface area contributed by atoms with Gasteiger partial charge in [0.25, 0.3) is 0 Å². The van der Waals surface area contributed by atoms with Crippen LogP contribution in [0, 0.1) is 5.92 Å². The number of ether oxygens (including phenoxy) is 1. The van der Waals surface area contributed by atoms with E-state index in [9.17, 15) is 14.7 Å². The first kappa shape index (κ1) is 15.4. The molecule has 1 aromatic carbocycles. The summed E-state index contributed by atoms with van der Waals surface area (Å²) in [5.41, 5.74) is 0.808. The summed E-state index contributed by atoms with van der Waals surface area (Å²) in [6, 6.07) is 6.80. The van der Waals surface area contributed by atoms with Crippen LogP contribution in [0.1, 0.15) is 38.3 Å². The summed E-state index contributed by atoms with van der Waals surface area (Å²) in [5, 5.41) is 11.4. The lowest BCUT2D eigenvalue weighted by Crippen LogP contribution is -2.48. The predicted molar refractivity (Wildman–Crippen MR) is 75.5 cm³/mol. The predicted octanol–water partition coefficient (Wildman–Crippen LogP) is 1.13. The molecule has 1 fully saturated rings. The van der Waals surface area contributed by atoms with E-state index in [0.717, 1.165) is 11.3 Å². The van der Waals surface area contributed by atoms with Crippen molar-refractivity contribution in [1.82, 2.24) is 4.90 Å². The number of carboxylic acids is 1. The van der Waals surface area contributed by atoms with Crippen LogP contribution in [0.3, 0.4) is 0 Å². The zero-order chi connectivity index (χ0) is 15.4. The molecule has 0 aliphatic carbocycles. The van der Waals surface area contributed by atoms with Crippen molar-refractivity contribution in [2.24, 2.45) is 5.92 Å². The fraction of sp³-hybridized carbons (Fsp3) is 0.500. The molecule has 0 radical (unpaired) electrons. The highest BCUT2D eigenvalue weighted by atomic mass is 16.5. The smallest absolute Gasteiger partial charge is 0.223 e. The van der Waals surface area contributed by atoms with E-state index < -0.39 is 17.9 Å². The van der Waals surface area contributed by atoms with Crippen molar-refractivity contribution in [3.63, 3.8) is 0 Å². The average Bonchev–Trinajstić information content (AvgIpc) is 2.47. The third-order valence-electron chi connectivity index (χ3n) is 3.88. The average molecular weight is 290 g/mol. The third-order valence-corrected chi connectivity index (χ3v) is 3.88. The minimum atomic E-state index is -1.10. The first-order chi connectivity index (χ1) is 10.1. The van der Waals surface area contributed by atoms with Gasteiger partial charge in [-0.2, -0.15) is 0 Å². The number of aliphatic carboxylic acids is 1. The van der Waals surface area contributed by atoms with Crippen LogP contribution in [-0.2, 0) is 9.59 Å². The molecule has 114 valence electrons. The molecule has 5 nitrogen and oxygen atoms in total. The summed E-state index contributed by atoms with van der Waals surface area (Å²) < 4.78 is 5.39. The summed E-state index contributed by atoms with van der Waals surface area (Å²) in [6.07, 6.45) is 0.593. The van der Waals surface area contributed by atoms with Crippen LogP contribution in [0.2, 0.25) is 0 Å². The second kappa shape index (κ2) is 6.61. The van der Waals surface area contributed by atoms with E-state index in [1.807, 2.05) is 26.0 Å². The van der Waals surface area contributed by atoms with E-state index in [0.29, 0.717) is 19.6 Å². The van der Waals surface area contributed by atoms with Crippen molar-refractivity contribution in [2.75, 3.05) is 13.2 Å². The summed E-state index contributed by atoms with van der Waals surface area (Å²) in [4.78, 5) is 25.1. The van der Waals surface area contributed by atoms with Gasteiger partial charge in [-0.15, -0.1) is 0 Å². The normalized spacial score (nSPS) is 22.2. The number of amides is 1. The van der Waals surface area contributed by atoms with Gasteiger partial charge in [0.05, 0.1) is 12.6 Å². The Morgan fingerprint density at radius 2 is 2.00 bits per heavy atom. The lowest BCUT2D eigenvalue weighted by Gasteiger charge is -2.41. The van der Waals surface area contributed by atoms with Crippen LogP contribution in [0.15, 0.2) is 24.3 Å². The Balaban J connectivity index is 2.33. The second-order valence-electron chi connectivity index (χ2n) is 5.09. The van der Waals surface area contributed by atoms with Crippen LogP contribution in [0.25, 0.3) is 0 Å². The third kappa shape index (κ3) is 3.17. The maximum absolute atomic E-state index is 12.0. The Labute approximate surface area is 124 Å². The summed E-state index contributed by atoms with van der Waals surface area (Å²) >= 11 is 0. The fourth-order valence-corrected chi connectivity index (χ4v) is 2.91. The lowest BCUT2D eigenvalue weighted by molar-refractivity contribution is -0.314. The molecule has 1 amide bonds. The van der Waals surface area contributed by atoms with Crippen LogP contribution in [0.4, 0.5) is 0 Å². The highest BCUT2D eigenvalue weighted by Crippen LogP contribution is 2.36. The van der Waals surface area contributed by atoms with Gasteiger partial charge in [0.15, 0.2) is 0 Å². The second-order valence-corrected chi connectivity index (χ2v) is 5.09. The molecule has 1 saturated heterocycles. The number of carbonyl (C=O) groups is 2. The number of piperidine rings is 1. The maximum Gasteiger partial charge on any atom is 0.223 e.